The minimum Gasteiger partial charge on any atom is -0.493 e. The number of piperidine rings is 1. The summed E-state index contributed by atoms with van der Waals surface area (Å²) in [6, 6.07) is 7.60. The summed E-state index contributed by atoms with van der Waals surface area (Å²) in [5.41, 5.74) is 0.910. The SMILES string of the molecule is C1=CCC2C(=C1)OC1CNCCC12.Sc1cccc(-n2cnnn2)c1. The maximum Gasteiger partial charge on any atom is 0.143 e. The van der Waals surface area contributed by atoms with E-state index < -0.39 is 0 Å². The van der Waals surface area contributed by atoms with Gasteiger partial charge < -0.3 is 10.1 Å². The summed E-state index contributed by atoms with van der Waals surface area (Å²) in [5.74, 6) is 2.70. The number of benzene rings is 1. The van der Waals surface area contributed by atoms with Gasteiger partial charge in [0, 0.05) is 23.3 Å². The summed E-state index contributed by atoms with van der Waals surface area (Å²) in [6.45, 7) is 2.20. The minimum absolute atomic E-state index is 0.449. The lowest BCUT2D eigenvalue weighted by Gasteiger charge is -2.26. The summed E-state index contributed by atoms with van der Waals surface area (Å²) in [7, 11) is 0. The smallest absolute Gasteiger partial charge is 0.143 e. The van der Waals surface area contributed by atoms with E-state index in [1.807, 2.05) is 24.3 Å². The first-order valence-corrected chi connectivity index (χ1v) is 9.02. The van der Waals surface area contributed by atoms with E-state index in [-0.39, 0.29) is 0 Å². The van der Waals surface area contributed by atoms with Crippen molar-refractivity contribution >= 4 is 12.6 Å². The van der Waals surface area contributed by atoms with Gasteiger partial charge in [0.1, 0.15) is 18.2 Å². The number of aromatic nitrogens is 4. The monoisotopic (exact) mass is 355 g/mol. The van der Waals surface area contributed by atoms with Crippen LogP contribution in [0.15, 0.2) is 59.5 Å². The van der Waals surface area contributed by atoms with E-state index in [1.165, 1.54) is 18.6 Å². The number of rotatable bonds is 1. The topological polar surface area (TPSA) is 64.9 Å². The number of ether oxygens (including phenoxy) is 1. The highest BCUT2D eigenvalue weighted by molar-refractivity contribution is 7.80. The molecule has 3 heterocycles. The fourth-order valence-electron chi connectivity index (χ4n) is 3.67. The molecule has 2 saturated heterocycles. The lowest BCUT2D eigenvalue weighted by Crippen LogP contribution is -2.39. The highest BCUT2D eigenvalue weighted by Crippen LogP contribution is 2.42. The van der Waals surface area contributed by atoms with Crippen molar-refractivity contribution in [2.24, 2.45) is 11.8 Å². The van der Waals surface area contributed by atoms with E-state index in [1.54, 1.807) is 11.0 Å². The molecule has 2 aliphatic heterocycles. The zero-order chi connectivity index (χ0) is 17.1. The van der Waals surface area contributed by atoms with Gasteiger partial charge in [0.25, 0.3) is 0 Å². The number of allylic oxidation sites excluding steroid dienone is 4. The highest BCUT2D eigenvalue weighted by Gasteiger charge is 2.42. The number of tetrazole rings is 1. The van der Waals surface area contributed by atoms with Gasteiger partial charge in [0.15, 0.2) is 0 Å². The van der Waals surface area contributed by atoms with Gasteiger partial charge in [-0.2, -0.15) is 0 Å². The number of nitrogens with one attached hydrogen (secondary N) is 1. The minimum atomic E-state index is 0.449. The predicted octanol–water partition coefficient (Wildman–Crippen LogP) is 2.41. The Hall–Kier alpha value is -2.12. The lowest BCUT2D eigenvalue weighted by atomic mass is 9.81. The molecule has 25 heavy (non-hydrogen) atoms. The Morgan fingerprint density at radius 1 is 1.32 bits per heavy atom. The van der Waals surface area contributed by atoms with Crippen LogP contribution in [0.4, 0.5) is 0 Å². The molecule has 0 spiro atoms. The molecule has 1 aromatic heterocycles. The average Bonchev–Trinajstić information content (AvgIpc) is 3.30. The van der Waals surface area contributed by atoms with Crippen LogP contribution in [0.5, 0.6) is 0 Å². The summed E-state index contributed by atoms with van der Waals surface area (Å²) in [5, 5.41) is 14.2. The van der Waals surface area contributed by atoms with Gasteiger partial charge in [-0.15, -0.1) is 17.7 Å². The number of hydrogen-bond acceptors (Lipinski definition) is 6. The van der Waals surface area contributed by atoms with Gasteiger partial charge in [-0.25, -0.2) is 4.68 Å². The molecular formula is C18H21N5OS. The fourth-order valence-corrected chi connectivity index (χ4v) is 3.89. The Balaban J connectivity index is 0.000000126. The molecule has 1 aromatic carbocycles. The number of fused-ring (bicyclic) bond motifs is 3. The Morgan fingerprint density at radius 3 is 3.12 bits per heavy atom. The van der Waals surface area contributed by atoms with E-state index in [0.29, 0.717) is 12.0 Å². The van der Waals surface area contributed by atoms with Crippen molar-refractivity contribution in [2.45, 2.75) is 23.8 Å². The van der Waals surface area contributed by atoms with E-state index in [9.17, 15) is 0 Å². The van der Waals surface area contributed by atoms with Crippen molar-refractivity contribution < 1.29 is 4.74 Å². The van der Waals surface area contributed by atoms with Gasteiger partial charge >= 0.3 is 0 Å². The van der Waals surface area contributed by atoms with Crippen LogP contribution in [0.3, 0.4) is 0 Å². The van der Waals surface area contributed by atoms with Crippen molar-refractivity contribution in [1.29, 1.82) is 0 Å². The molecule has 0 saturated carbocycles. The summed E-state index contributed by atoms with van der Waals surface area (Å²) >= 11 is 4.20. The van der Waals surface area contributed by atoms with Crippen LogP contribution in [0.1, 0.15) is 12.8 Å². The number of nitrogens with zero attached hydrogens (tertiary/aromatic N) is 4. The summed E-state index contributed by atoms with van der Waals surface area (Å²) < 4.78 is 7.50. The molecule has 0 amide bonds. The van der Waals surface area contributed by atoms with Crippen LogP contribution >= 0.6 is 12.6 Å². The third kappa shape index (κ3) is 3.62. The quantitative estimate of drug-likeness (QED) is 0.769. The first-order chi connectivity index (χ1) is 12.3. The second-order valence-corrected chi connectivity index (χ2v) is 6.94. The molecule has 3 aliphatic rings. The normalized spacial score (nSPS) is 26.6. The molecule has 7 heteroatoms. The Morgan fingerprint density at radius 2 is 2.28 bits per heavy atom. The molecule has 5 rings (SSSR count). The lowest BCUT2D eigenvalue weighted by molar-refractivity contribution is 0.108. The molecule has 2 aromatic rings. The highest BCUT2D eigenvalue weighted by atomic mass is 32.1. The Kier molecular flexibility index (Phi) is 4.85. The first kappa shape index (κ1) is 16.4. The number of hydrogen-bond donors (Lipinski definition) is 2. The van der Waals surface area contributed by atoms with Crippen molar-refractivity contribution in [2.75, 3.05) is 13.1 Å². The second-order valence-electron chi connectivity index (χ2n) is 6.43. The molecular weight excluding hydrogens is 334 g/mol. The maximum atomic E-state index is 5.92. The third-order valence-electron chi connectivity index (χ3n) is 4.88. The zero-order valence-electron chi connectivity index (χ0n) is 13.8. The summed E-state index contributed by atoms with van der Waals surface area (Å²) in [4.78, 5) is 0.892. The van der Waals surface area contributed by atoms with Gasteiger partial charge in [-0.05, 0) is 54.1 Å². The Labute approximate surface area is 152 Å². The van der Waals surface area contributed by atoms with Crippen LogP contribution in [-0.2, 0) is 4.74 Å². The van der Waals surface area contributed by atoms with E-state index >= 15 is 0 Å². The molecule has 3 atom stereocenters. The van der Waals surface area contributed by atoms with Crippen LogP contribution in [-0.4, -0.2) is 39.4 Å². The van der Waals surface area contributed by atoms with Crippen LogP contribution < -0.4 is 5.32 Å². The van der Waals surface area contributed by atoms with Gasteiger partial charge in [0.05, 0.1) is 5.69 Å². The van der Waals surface area contributed by atoms with Crippen molar-refractivity contribution in [3.63, 3.8) is 0 Å². The molecule has 6 nitrogen and oxygen atoms in total. The van der Waals surface area contributed by atoms with Crippen LogP contribution in [0.2, 0.25) is 0 Å². The van der Waals surface area contributed by atoms with Crippen LogP contribution in [0, 0.1) is 11.8 Å². The van der Waals surface area contributed by atoms with Gasteiger partial charge in [-0.3, -0.25) is 0 Å². The van der Waals surface area contributed by atoms with Crippen molar-refractivity contribution in [3.05, 3.63) is 54.6 Å². The molecule has 130 valence electrons. The molecule has 3 unspecified atom stereocenters. The fraction of sp³-hybridized carbons (Fsp3) is 0.389. The van der Waals surface area contributed by atoms with Crippen molar-refractivity contribution in [3.8, 4) is 5.69 Å². The molecule has 1 aliphatic carbocycles. The Bertz CT molecular complexity index is 774. The van der Waals surface area contributed by atoms with E-state index in [4.69, 9.17) is 4.74 Å². The van der Waals surface area contributed by atoms with Gasteiger partial charge in [0.2, 0.25) is 0 Å². The van der Waals surface area contributed by atoms with Crippen LogP contribution in [0.25, 0.3) is 5.69 Å². The van der Waals surface area contributed by atoms with E-state index in [0.717, 1.165) is 29.6 Å². The molecule has 1 N–H and O–H groups in total. The predicted molar refractivity (Wildman–Crippen MR) is 97.6 cm³/mol. The average molecular weight is 355 g/mol. The maximum absolute atomic E-state index is 5.92. The second kappa shape index (κ2) is 7.41. The third-order valence-corrected chi connectivity index (χ3v) is 5.16. The van der Waals surface area contributed by atoms with Crippen molar-refractivity contribution in [1.82, 2.24) is 25.5 Å². The van der Waals surface area contributed by atoms with Gasteiger partial charge in [-0.1, -0.05) is 18.2 Å². The van der Waals surface area contributed by atoms with E-state index in [2.05, 4.69) is 51.7 Å². The standard InChI is InChI=1S/C11H15NO.C7H6N4S/c1-2-4-10-8(3-1)9-5-6-12-7-11(9)13-10;12-7-3-1-2-6(4-7)11-5-8-9-10-11/h1-2,4,8-9,11-12H,3,5-7H2;1-5,12H. The molecule has 0 bridgehead atoms. The summed E-state index contributed by atoms with van der Waals surface area (Å²) in [6.07, 6.45) is 11.0. The number of thiol groups is 1. The molecule has 2 fully saturated rings. The first-order valence-electron chi connectivity index (χ1n) is 8.58. The molecule has 0 radical (unpaired) electrons. The zero-order valence-corrected chi connectivity index (χ0v) is 14.7. The largest absolute Gasteiger partial charge is 0.493 e.